The van der Waals surface area contributed by atoms with Crippen LogP contribution in [0, 0.1) is 12.5 Å². The van der Waals surface area contributed by atoms with E-state index >= 15 is 0 Å². The first-order chi connectivity index (χ1) is 14.3. The lowest BCUT2D eigenvalue weighted by atomic mass is 10.1. The molecule has 174 valence electrons. The monoisotopic (exact) mass is 431 g/mol. The van der Waals surface area contributed by atoms with Gasteiger partial charge in [0.2, 0.25) is 6.61 Å². The molecule has 0 aromatic rings. The molecule has 0 rings (SSSR count). The molecule has 0 radical (unpaired) electrons. The molecule has 0 heterocycles. The van der Waals surface area contributed by atoms with E-state index < -0.39 is 5.97 Å². The van der Waals surface area contributed by atoms with E-state index in [0.29, 0.717) is 44.8 Å². The van der Waals surface area contributed by atoms with Crippen LogP contribution in [-0.2, 0) is 38.0 Å². The molecular formula is C22H39O8+. The fourth-order valence-corrected chi connectivity index (χ4v) is 2.21. The van der Waals surface area contributed by atoms with Gasteiger partial charge in [-0.1, -0.05) is 20.4 Å². The predicted octanol–water partition coefficient (Wildman–Crippen LogP) is 3.09. The predicted molar refractivity (Wildman–Crippen MR) is 113 cm³/mol. The molecule has 0 saturated carbocycles. The largest absolute Gasteiger partial charge is 0.463 e. The molecule has 0 aromatic heterocycles. The van der Waals surface area contributed by atoms with Gasteiger partial charge in [-0.05, 0) is 20.8 Å². The molecule has 8 heteroatoms. The van der Waals surface area contributed by atoms with Crippen LogP contribution in [0.2, 0.25) is 0 Å². The summed E-state index contributed by atoms with van der Waals surface area (Å²) in [5.41, 5.74) is 0.351. The van der Waals surface area contributed by atoms with Crippen molar-refractivity contribution in [2.75, 3.05) is 46.2 Å². The van der Waals surface area contributed by atoms with E-state index in [1.54, 1.807) is 27.4 Å². The van der Waals surface area contributed by atoms with Crippen LogP contribution in [0.1, 0.15) is 47.5 Å². The molecule has 30 heavy (non-hydrogen) atoms. The third kappa shape index (κ3) is 16.2. The fourth-order valence-electron chi connectivity index (χ4n) is 2.21. The van der Waals surface area contributed by atoms with Crippen LogP contribution >= 0.6 is 0 Å². The summed E-state index contributed by atoms with van der Waals surface area (Å²) in [6.07, 6.45) is 0.974. The Balaban J connectivity index is 4.23. The maximum atomic E-state index is 11.5. The Labute approximate surface area is 181 Å². The number of esters is 2. The maximum Gasteiger partial charge on any atom is 0.333 e. The standard InChI is InChI=1S/C22H39O8/c1-7-25-10-12-27-19(6)16-20(28-14-15-30-22(24)18(4)5)8-9-26-11-13-29-21(23)17(2)3/h9,18-20H,2,7-8,10-16H2,1,3-6H3/q+1. The quantitative estimate of drug-likeness (QED) is 0.133. The summed E-state index contributed by atoms with van der Waals surface area (Å²) in [5, 5.41) is 0. The molecule has 0 aliphatic rings. The van der Waals surface area contributed by atoms with Crippen molar-refractivity contribution < 1.29 is 38.0 Å². The summed E-state index contributed by atoms with van der Waals surface area (Å²) in [6, 6.07) is 0. The van der Waals surface area contributed by atoms with Crippen LogP contribution < -0.4 is 0 Å². The molecule has 0 amide bonds. The van der Waals surface area contributed by atoms with Crippen LogP contribution in [0.25, 0.3) is 0 Å². The SMILES string of the molecule is C=C(C)C(=O)OCCO[CH+]CC(CC(C)OCCOCC)OCCOC(=O)C(C)C. The van der Waals surface area contributed by atoms with Crippen molar-refractivity contribution in [1.82, 2.24) is 0 Å². The molecule has 8 nitrogen and oxygen atoms in total. The lowest BCUT2D eigenvalue weighted by molar-refractivity contribution is -0.149. The Kier molecular flexibility index (Phi) is 17.2. The second kappa shape index (κ2) is 18.2. The normalized spacial score (nSPS) is 13.0. The van der Waals surface area contributed by atoms with Gasteiger partial charge in [0, 0.05) is 18.6 Å². The lowest BCUT2D eigenvalue weighted by Crippen LogP contribution is -2.25. The highest BCUT2D eigenvalue weighted by molar-refractivity contribution is 5.86. The minimum atomic E-state index is -0.436. The highest BCUT2D eigenvalue weighted by Gasteiger charge is 2.20. The topological polar surface area (TPSA) is 89.5 Å². The summed E-state index contributed by atoms with van der Waals surface area (Å²) >= 11 is 0. The number of carbonyl (C=O) groups is 2. The smallest absolute Gasteiger partial charge is 0.333 e. The van der Waals surface area contributed by atoms with E-state index in [9.17, 15) is 9.59 Å². The second-order valence-electron chi connectivity index (χ2n) is 7.12. The molecule has 0 aromatic carbocycles. The van der Waals surface area contributed by atoms with Gasteiger partial charge in [-0.3, -0.25) is 4.79 Å². The first-order valence-electron chi connectivity index (χ1n) is 10.5. The summed E-state index contributed by atoms with van der Waals surface area (Å²) in [6.45, 7) is 16.8. The lowest BCUT2D eigenvalue weighted by Gasteiger charge is -2.19. The van der Waals surface area contributed by atoms with Gasteiger partial charge in [-0.25, -0.2) is 4.79 Å². The Morgan fingerprint density at radius 1 is 0.933 bits per heavy atom. The zero-order chi connectivity index (χ0) is 22.8. The number of hydrogen-bond acceptors (Lipinski definition) is 8. The minimum absolute atomic E-state index is 0.0291. The number of hydrogen-bond donors (Lipinski definition) is 0. The van der Waals surface area contributed by atoms with E-state index in [1.807, 2.05) is 13.8 Å². The highest BCUT2D eigenvalue weighted by Crippen LogP contribution is 2.12. The van der Waals surface area contributed by atoms with Crippen molar-refractivity contribution in [3.05, 3.63) is 18.8 Å². The average molecular weight is 432 g/mol. The molecule has 2 atom stereocenters. The molecular weight excluding hydrogens is 392 g/mol. The molecule has 0 fully saturated rings. The molecule has 0 saturated heterocycles. The Hall–Kier alpha value is -1.61. The summed E-state index contributed by atoms with van der Waals surface area (Å²) in [4.78, 5) is 22.8. The zero-order valence-corrected chi connectivity index (χ0v) is 19.1. The van der Waals surface area contributed by atoms with Gasteiger partial charge in [-0.15, -0.1) is 0 Å². The van der Waals surface area contributed by atoms with Crippen molar-refractivity contribution in [2.45, 2.75) is 59.7 Å². The summed E-state index contributed by atoms with van der Waals surface area (Å²) in [7, 11) is 0. The molecule has 2 unspecified atom stereocenters. The van der Waals surface area contributed by atoms with Crippen LogP contribution in [0.3, 0.4) is 0 Å². The van der Waals surface area contributed by atoms with Gasteiger partial charge < -0.3 is 23.7 Å². The van der Waals surface area contributed by atoms with Crippen molar-refractivity contribution in [3.63, 3.8) is 0 Å². The Morgan fingerprint density at radius 3 is 2.23 bits per heavy atom. The number of carbonyl (C=O) groups excluding carboxylic acids is 2. The second-order valence-corrected chi connectivity index (χ2v) is 7.12. The van der Waals surface area contributed by atoms with Crippen molar-refractivity contribution in [2.24, 2.45) is 5.92 Å². The van der Waals surface area contributed by atoms with E-state index in [2.05, 4.69) is 6.58 Å². The Bertz CT molecular complexity index is 478. The van der Waals surface area contributed by atoms with E-state index in [4.69, 9.17) is 28.4 Å². The molecule has 0 bridgehead atoms. The molecule has 0 aliphatic heterocycles. The van der Waals surface area contributed by atoms with Crippen LogP contribution in [0.5, 0.6) is 0 Å². The maximum absolute atomic E-state index is 11.5. The van der Waals surface area contributed by atoms with Crippen LogP contribution in [-0.4, -0.2) is 70.4 Å². The van der Waals surface area contributed by atoms with Gasteiger partial charge in [-0.2, -0.15) is 4.74 Å². The van der Waals surface area contributed by atoms with Gasteiger partial charge in [0.15, 0.2) is 0 Å². The van der Waals surface area contributed by atoms with E-state index in [1.165, 1.54) is 0 Å². The van der Waals surface area contributed by atoms with Gasteiger partial charge in [0.1, 0.15) is 32.3 Å². The van der Waals surface area contributed by atoms with Gasteiger partial charge >= 0.3 is 11.9 Å². The van der Waals surface area contributed by atoms with Crippen molar-refractivity contribution in [3.8, 4) is 0 Å². The van der Waals surface area contributed by atoms with Crippen LogP contribution in [0.15, 0.2) is 12.2 Å². The minimum Gasteiger partial charge on any atom is -0.463 e. The van der Waals surface area contributed by atoms with Crippen LogP contribution in [0.4, 0.5) is 0 Å². The average Bonchev–Trinajstić information content (AvgIpc) is 2.70. The molecule has 0 N–H and O–H groups in total. The number of ether oxygens (including phenoxy) is 6. The Morgan fingerprint density at radius 2 is 1.60 bits per heavy atom. The first kappa shape index (κ1) is 28.4. The zero-order valence-electron chi connectivity index (χ0n) is 19.1. The third-order valence-corrected chi connectivity index (χ3v) is 3.84. The highest BCUT2D eigenvalue weighted by atomic mass is 16.6. The third-order valence-electron chi connectivity index (χ3n) is 3.84. The van der Waals surface area contributed by atoms with E-state index in [-0.39, 0.29) is 43.9 Å². The number of rotatable bonds is 19. The van der Waals surface area contributed by atoms with Crippen molar-refractivity contribution in [1.29, 1.82) is 0 Å². The fraction of sp³-hybridized carbons (Fsp3) is 0.773. The summed E-state index contributed by atoms with van der Waals surface area (Å²) in [5.74, 6) is -0.851. The molecule has 0 spiro atoms. The van der Waals surface area contributed by atoms with Gasteiger partial charge in [0.25, 0.3) is 0 Å². The van der Waals surface area contributed by atoms with E-state index in [0.717, 1.165) is 0 Å². The summed E-state index contributed by atoms with van der Waals surface area (Å²) < 4.78 is 32.4. The first-order valence-corrected chi connectivity index (χ1v) is 10.5. The van der Waals surface area contributed by atoms with Crippen molar-refractivity contribution >= 4 is 11.9 Å². The van der Waals surface area contributed by atoms with Gasteiger partial charge in [0.05, 0.1) is 31.8 Å². The molecule has 0 aliphatic carbocycles.